The van der Waals surface area contributed by atoms with Gasteiger partial charge >= 0.3 is 12.0 Å². The summed E-state index contributed by atoms with van der Waals surface area (Å²) in [5, 5.41) is 14.8. The number of nitrogens with two attached hydrogens (primary N) is 1. The van der Waals surface area contributed by atoms with E-state index >= 15 is 0 Å². The Hall–Kier alpha value is -2.90. The van der Waals surface area contributed by atoms with E-state index in [1.165, 1.54) is 6.21 Å². The van der Waals surface area contributed by atoms with Crippen molar-refractivity contribution in [3.8, 4) is 0 Å². The number of imide groups is 1. The van der Waals surface area contributed by atoms with Crippen molar-refractivity contribution < 1.29 is 19.5 Å². The zero-order chi connectivity index (χ0) is 16.3. The molecule has 0 unspecified atom stereocenters. The first-order valence-corrected chi connectivity index (χ1v) is 6.64. The molecule has 0 bridgehead atoms. The molecule has 1 aromatic rings. The van der Waals surface area contributed by atoms with Gasteiger partial charge in [0.1, 0.15) is 12.1 Å². The lowest BCUT2D eigenvalue weighted by Gasteiger charge is -2.25. The lowest BCUT2D eigenvalue weighted by molar-refractivity contribution is -0.143. The van der Waals surface area contributed by atoms with E-state index in [1.54, 1.807) is 31.2 Å². The number of hydrazone groups is 1. The first-order chi connectivity index (χ1) is 10.4. The van der Waals surface area contributed by atoms with E-state index in [0.29, 0.717) is 16.9 Å². The van der Waals surface area contributed by atoms with Crippen molar-refractivity contribution in [2.24, 2.45) is 10.9 Å². The van der Waals surface area contributed by atoms with E-state index in [1.807, 2.05) is 0 Å². The monoisotopic (exact) mass is 304 g/mol. The molecule has 8 nitrogen and oxygen atoms in total. The van der Waals surface area contributed by atoms with E-state index in [2.05, 4.69) is 10.4 Å². The first kappa shape index (κ1) is 15.5. The van der Waals surface area contributed by atoms with Crippen molar-refractivity contribution >= 4 is 24.1 Å². The number of amides is 3. The van der Waals surface area contributed by atoms with Gasteiger partial charge in [0.15, 0.2) is 0 Å². The maximum Gasteiger partial charge on any atom is 0.325 e. The molecule has 0 saturated carbocycles. The van der Waals surface area contributed by atoms with Crippen molar-refractivity contribution in [3.05, 3.63) is 35.4 Å². The minimum absolute atomic E-state index is 0.304. The summed E-state index contributed by atoms with van der Waals surface area (Å²) in [7, 11) is 0. The average Bonchev–Trinajstić information content (AvgIpc) is 2.73. The van der Waals surface area contributed by atoms with Crippen LogP contribution in [0.3, 0.4) is 0 Å². The Morgan fingerprint density at radius 2 is 2.05 bits per heavy atom. The lowest BCUT2D eigenvalue weighted by atomic mass is 9.86. The molecule has 1 aromatic carbocycles. The first-order valence-electron chi connectivity index (χ1n) is 6.64. The zero-order valence-corrected chi connectivity index (χ0v) is 11.9. The second-order valence-corrected chi connectivity index (χ2v) is 4.87. The van der Waals surface area contributed by atoms with Crippen LogP contribution in [0.1, 0.15) is 24.5 Å². The predicted octanol–water partition coefficient (Wildman–Crippen LogP) is 0.221. The standard InChI is InChI=1S/C14H16N4O4/c1-2-14(10-5-3-9(4-6-10)7-16-15)12(21)18(8-11(19)20)13(22)17-14/h3-7H,2,8,15H2,1H3,(H,17,22)(H,19,20)/t14-/m0/s1. The van der Waals surface area contributed by atoms with Crippen molar-refractivity contribution in [1.82, 2.24) is 10.2 Å². The van der Waals surface area contributed by atoms with E-state index in [4.69, 9.17) is 10.9 Å². The lowest BCUT2D eigenvalue weighted by Crippen LogP contribution is -2.43. The highest BCUT2D eigenvalue weighted by Gasteiger charge is 2.51. The van der Waals surface area contributed by atoms with Crippen LogP contribution < -0.4 is 11.2 Å². The summed E-state index contributed by atoms with van der Waals surface area (Å²) in [6.07, 6.45) is 1.76. The Bertz CT molecular complexity index is 641. The van der Waals surface area contributed by atoms with Crippen molar-refractivity contribution in [1.29, 1.82) is 0 Å². The van der Waals surface area contributed by atoms with Gasteiger partial charge in [-0.1, -0.05) is 31.2 Å². The summed E-state index contributed by atoms with van der Waals surface area (Å²) < 4.78 is 0. The van der Waals surface area contributed by atoms with Gasteiger partial charge in [0, 0.05) is 0 Å². The molecule has 2 rings (SSSR count). The highest BCUT2D eigenvalue weighted by atomic mass is 16.4. The van der Waals surface area contributed by atoms with Gasteiger partial charge in [-0.05, 0) is 17.5 Å². The number of aliphatic carboxylic acids is 1. The fourth-order valence-corrected chi connectivity index (χ4v) is 2.48. The largest absolute Gasteiger partial charge is 0.480 e. The number of hydrogen-bond donors (Lipinski definition) is 3. The number of urea groups is 1. The van der Waals surface area contributed by atoms with Crippen LogP contribution in [0.2, 0.25) is 0 Å². The number of benzene rings is 1. The molecule has 1 atom stereocenters. The molecule has 1 aliphatic rings. The molecule has 3 amide bonds. The fourth-order valence-electron chi connectivity index (χ4n) is 2.48. The number of carbonyl (C=O) groups excluding carboxylic acids is 2. The van der Waals surface area contributed by atoms with Crippen LogP contribution >= 0.6 is 0 Å². The smallest absolute Gasteiger partial charge is 0.325 e. The van der Waals surface area contributed by atoms with E-state index in [-0.39, 0.29) is 0 Å². The Labute approximate surface area is 126 Å². The van der Waals surface area contributed by atoms with E-state index < -0.39 is 30.0 Å². The van der Waals surface area contributed by atoms with Crippen LogP contribution in [0.15, 0.2) is 29.4 Å². The van der Waals surface area contributed by atoms with Crippen LogP contribution in [0.25, 0.3) is 0 Å². The van der Waals surface area contributed by atoms with Crippen LogP contribution in [0.4, 0.5) is 4.79 Å². The molecule has 0 radical (unpaired) electrons. The highest BCUT2D eigenvalue weighted by Crippen LogP contribution is 2.32. The Kier molecular flexibility index (Phi) is 4.11. The van der Waals surface area contributed by atoms with Crippen LogP contribution in [0.5, 0.6) is 0 Å². The third kappa shape index (κ3) is 2.50. The number of nitrogens with zero attached hydrogens (tertiary/aromatic N) is 2. The van der Waals surface area contributed by atoms with Crippen molar-refractivity contribution in [2.45, 2.75) is 18.9 Å². The number of carbonyl (C=O) groups is 3. The minimum atomic E-state index is -1.25. The highest BCUT2D eigenvalue weighted by molar-refractivity contribution is 6.09. The number of carboxylic acid groups (broad SMARTS) is 1. The molecular weight excluding hydrogens is 288 g/mol. The third-order valence-corrected chi connectivity index (χ3v) is 3.63. The van der Waals surface area contributed by atoms with Gasteiger partial charge in [-0.15, -0.1) is 0 Å². The Morgan fingerprint density at radius 3 is 2.55 bits per heavy atom. The maximum atomic E-state index is 12.5. The normalized spacial score (nSPS) is 21.4. The van der Waals surface area contributed by atoms with Crippen LogP contribution in [-0.4, -0.2) is 40.7 Å². The van der Waals surface area contributed by atoms with Crippen molar-refractivity contribution in [3.63, 3.8) is 0 Å². The Balaban J connectivity index is 2.39. The molecular formula is C14H16N4O4. The number of nitrogens with one attached hydrogen (secondary N) is 1. The average molecular weight is 304 g/mol. The SMILES string of the molecule is CC[C@@]1(c2ccc(C=NN)cc2)NC(=O)N(CC(=O)O)C1=O. The van der Waals surface area contributed by atoms with Gasteiger partial charge in [0.2, 0.25) is 0 Å². The molecule has 4 N–H and O–H groups in total. The van der Waals surface area contributed by atoms with Gasteiger partial charge in [-0.25, -0.2) is 4.79 Å². The zero-order valence-electron chi connectivity index (χ0n) is 11.9. The second kappa shape index (κ2) is 5.84. The summed E-state index contributed by atoms with van der Waals surface area (Å²) in [6, 6.07) is 6.08. The second-order valence-electron chi connectivity index (χ2n) is 4.87. The summed E-state index contributed by atoms with van der Waals surface area (Å²) in [5.41, 5.74) is 0.0809. The maximum absolute atomic E-state index is 12.5. The summed E-state index contributed by atoms with van der Waals surface area (Å²) in [5.74, 6) is 3.26. The molecule has 1 heterocycles. The fraction of sp³-hybridized carbons (Fsp3) is 0.286. The number of rotatable bonds is 5. The predicted molar refractivity (Wildman–Crippen MR) is 78.1 cm³/mol. The molecule has 0 spiro atoms. The van der Waals surface area contributed by atoms with Gasteiger partial charge in [0.05, 0.1) is 6.21 Å². The summed E-state index contributed by atoms with van der Waals surface area (Å²) >= 11 is 0. The van der Waals surface area contributed by atoms with Gasteiger partial charge in [-0.3, -0.25) is 14.5 Å². The van der Waals surface area contributed by atoms with E-state index in [9.17, 15) is 14.4 Å². The third-order valence-electron chi connectivity index (χ3n) is 3.63. The molecule has 1 aliphatic heterocycles. The quantitative estimate of drug-likeness (QED) is 0.310. The van der Waals surface area contributed by atoms with Gasteiger partial charge < -0.3 is 16.3 Å². The minimum Gasteiger partial charge on any atom is -0.480 e. The van der Waals surface area contributed by atoms with Gasteiger partial charge in [0.25, 0.3) is 5.91 Å². The molecule has 116 valence electrons. The number of hydrogen-bond acceptors (Lipinski definition) is 5. The molecule has 8 heteroatoms. The number of carboxylic acids is 1. The topological polar surface area (TPSA) is 125 Å². The van der Waals surface area contributed by atoms with Gasteiger partial charge in [-0.2, -0.15) is 5.10 Å². The molecule has 1 saturated heterocycles. The summed E-state index contributed by atoms with van der Waals surface area (Å²) in [6.45, 7) is 1.09. The van der Waals surface area contributed by atoms with Crippen LogP contribution in [-0.2, 0) is 15.1 Å². The van der Waals surface area contributed by atoms with Crippen molar-refractivity contribution in [2.75, 3.05) is 6.54 Å². The van der Waals surface area contributed by atoms with E-state index in [0.717, 1.165) is 5.56 Å². The molecule has 0 aromatic heterocycles. The summed E-state index contributed by atoms with van der Waals surface area (Å²) in [4.78, 5) is 36.0. The van der Waals surface area contributed by atoms with Crippen LogP contribution in [0, 0.1) is 0 Å². The Morgan fingerprint density at radius 1 is 1.41 bits per heavy atom. The molecule has 22 heavy (non-hydrogen) atoms. The molecule has 0 aliphatic carbocycles. The molecule has 1 fully saturated rings.